The Morgan fingerprint density at radius 2 is 1.25 bits per heavy atom. The molecule has 0 saturated heterocycles. The molecule has 0 aromatic rings. The summed E-state index contributed by atoms with van der Waals surface area (Å²) in [4.78, 5) is 35.1. The van der Waals surface area contributed by atoms with Crippen molar-refractivity contribution in [3.63, 3.8) is 0 Å². The molecule has 0 aromatic carbocycles. The van der Waals surface area contributed by atoms with Gasteiger partial charge in [-0.05, 0) is 58.0 Å². The molecule has 0 aromatic heterocycles. The van der Waals surface area contributed by atoms with Gasteiger partial charge >= 0.3 is 11.9 Å². The summed E-state index contributed by atoms with van der Waals surface area (Å²) < 4.78 is 0. The fourth-order valence-electron chi connectivity index (χ4n) is 2.40. The molecule has 0 fully saturated rings. The lowest BCUT2D eigenvalue weighted by Crippen LogP contribution is -2.56. The van der Waals surface area contributed by atoms with Crippen molar-refractivity contribution in [1.82, 2.24) is 0 Å². The normalized spacial score (nSPS) is 16.2. The molecule has 2 unspecified atom stereocenters. The van der Waals surface area contributed by atoms with Crippen LogP contribution in [0.1, 0.15) is 51.4 Å². The van der Waals surface area contributed by atoms with Crippen molar-refractivity contribution in [2.24, 2.45) is 22.9 Å². The van der Waals surface area contributed by atoms with E-state index in [1.807, 2.05) is 0 Å². The zero-order valence-electron chi connectivity index (χ0n) is 14.0. The molecule has 0 aliphatic carbocycles. The predicted octanol–water partition coefficient (Wildman–Crippen LogP) is -0.842. The van der Waals surface area contributed by atoms with Crippen LogP contribution in [0.5, 0.6) is 0 Å². The number of carbonyl (C=O) groups is 3. The highest BCUT2D eigenvalue weighted by molar-refractivity contribution is 6.07. The van der Waals surface area contributed by atoms with Crippen LogP contribution in [0.2, 0.25) is 0 Å². The number of carboxylic acid groups (broad SMARTS) is 2. The summed E-state index contributed by atoms with van der Waals surface area (Å²) in [6.07, 6.45) is 1.71. The van der Waals surface area contributed by atoms with E-state index in [0.717, 1.165) is 0 Å². The van der Waals surface area contributed by atoms with Gasteiger partial charge in [0.1, 0.15) is 5.54 Å². The Morgan fingerprint density at radius 3 is 1.67 bits per heavy atom. The first-order valence-corrected chi connectivity index (χ1v) is 8.12. The first-order chi connectivity index (χ1) is 11.1. The summed E-state index contributed by atoms with van der Waals surface area (Å²) in [6, 6.07) is 0. The Hall–Kier alpha value is -1.55. The zero-order chi connectivity index (χ0) is 18.8. The molecule has 10 N–H and O–H groups in total. The lowest BCUT2D eigenvalue weighted by atomic mass is 9.82. The highest BCUT2D eigenvalue weighted by atomic mass is 16.4. The van der Waals surface area contributed by atoms with Gasteiger partial charge in [-0.25, -0.2) is 4.79 Å². The van der Waals surface area contributed by atoms with Crippen molar-refractivity contribution in [1.29, 1.82) is 0 Å². The third-order valence-corrected chi connectivity index (χ3v) is 4.21. The van der Waals surface area contributed by atoms with Crippen molar-refractivity contribution in [3.8, 4) is 0 Å². The SMILES string of the molecule is NCCCCC(N)(CCC(=O)C(N)(CCCCN)C(=O)O)C(=O)O. The molecule has 24 heavy (non-hydrogen) atoms. The van der Waals surface area contributed by atoms with Crippen LogP contribution >= 0.6 is 0 Å². The summed E-state index contributed by atoms with van der Waals surface area (Å²) >= 11 is 0. The topological polar surface area (TPSA) is 196 Å². The summed E-state index contributed by atoms with van der Waals surface area (Å²) in [5.74, 6) is -3.37. The van der Waals surface area contributed by atoms with E-state index < -0.39 is 28.8 Å². The van der Waals surface area contributed by atoms with E-state index in [9.17, 15) is 24.6 Å². The number of hydrogen-bond donors (Lipinski definition) is 6. The van der Waals surface area contributed by atoms with Crippen LogP contribution in [0.4, 0.5) is 0 Å². The van der Waals surface area contributed by atoms with E-state index >= 15 is 0 Å². The molecule has 0 saturated carbocycles. The minimum Gasteiger partial charge on any atom is -0.480 e. The Morgan fingerprint density at radius 1 is 0.750 bits per heavy atom. The maximum Gasteiger partial charge on any atom is 0.331 e. The number of aliphatic carboxylic acids is 2. The molecule has 0 spiro atoms. The van der Waals surface area contributed by atoms with Crippen LogP contribution in [0.15, 0.2) is 0 Å². The average Bonchev–Trinajstić information content (AvgIpc) is 2.52. The lowest BCUT2D eigenvalue weighted by Gasteiger charge is -2.27. The third-order valence-electron chi connectivity index (χ3n) is 4.21. The van der Waals surface area contributed by atoms with Crippen LogP contribution in [0, 0.1) is 0 Å². The lowest BCUT2D eigenvalue weighted by molar-refractivity contribution is -0.149. The molecule has 9 heteroatoms. The standard InChI is InChI=1S/C15H30N4O5/c16-9-3-1-6-14(18,12(21)22)8-5-11(20)15(19,13(23)24)7-2-4-10-17/h1-10,16-19H2,(H,21,22)(H,23,24). The van der Waals surface area contributed by atoms with Gasteiger partial charge in [-0.15, -0.1) is 0 Å². The highest BCUT2D eigenvalue weighted by Crippen LogP contribution is 2.22. The monoisotopic (exact) mass is 346 g/mol. The van der Waals surface area contributed by atoms with Gasteiger partial charge in [-0.3, -0.25) is 9.59 Å². The maximum absolute atomic E-state index is 12.3. The van der Waals surface area contributed by atoms with Gasteiger partial charge in [0.05, 0.1) is 0 Å². The second kappa shape index (κ2) is 10.3. The largest absolute Gasteiger partial charge is 0.480 e. The maximum atomic E-state index is 12.3. The highest BCUT2D eigenvalue weighted by Gasteiger charge is 2.43. The van der Waals surface area contributed by atoms with Crippen LogP contribution in [0.25, 0.3) is 0 Å². The van der Waals surface area contributed by atoms with Crippen molar-refractivity contribution < 1.29 is 24.6 Å². The van der Waals surface area contributed by atoms with Crippen molar-refractivity contribution >= 4 is 17.7 Å². The molecule has 0 aliphatic rings. The van der Waals surface area contributed by atoms with Crippen LogP contribution in [0.3, 0.4) is 0 Å². The first kappa shape index (κ1) is 22.4. The predicted molar refractivity (Wildman–Crippen MR) is 89.2 cm³/mol. The van der Waals surface area contributed by atoms with Gasteiger partial charge in [0.15, 0.2) is 11.3 Å². The Balaban J connectivity index is 4.89. The number of carboxylic acids is 2. The average molecular weight is 346 g/mol. The number of nitrogens with two attached hydrogens (primary N) is 4. The zero-order valence-corrected chi connectivity index (χ0v) is 14.0. The Kier molecular flexibility index (Phi) is 9.67. The first-order valence-electron chi connectivity index (χ1n) is 8.12. The van der Waals surface area contributed by atoms with Gasteiger partial charge in [0, 0.05) is 6.42 Å². The molecule has 0 aliphatic heterocycles. The third kappa shape index (κ3) is 6.52. The second-order valence-electron chi connectivity index (χ2n) is 6.15. The van der Waals surface area contributed by atoms with Crippen molar-refractivity contribution in [3.05, 3.63) is 0 Å². The van der Waals surface area contributed by atoms with E-state index in [1.54, 1.807) is 0 Å². The minimum absolute atomic E-state index is 0.0455. The molecule has 140 valence electrons. The number of carbonyl (C=O) groups excluding carboxylic acids is 1. The summed E-state index contributed by atoms with van der Waals surface area (Å²) in [6.45, 7) is 0.788. The van der Waals surface area contributed by atoms with Gasteiger partial charge in [0.2, 0.25) is 0 Å². The van der Waals surface area contributed by atoms with Crippen LogP contribution in [-0.2, 0) is 14.4 Å². The Labute approximate surface area is 141 Å². The quantitative estimate of drug-likeness (QED) is 0.171. The number of rotatable bonds is 14. The van der Waals surface area contributed by atoms with E-state index in [-0.39, 0.29) is 25.7 Å². The molecule has 2 atom stereocenters. The van der Waals surface area contributed by atoms with E-state index in [0.29, 0.717) is 38.8 Å². The molecular formula is C15H30N4O5. The van der Waals surface area contributed by atoms with Crippen LogP contribution in [-0.4, -0.2) is 52.1 Å². The molecule has 0 radical (unpaired) electrons. The fourth-order valence-corrected chi connectivity index (χ4v) is 2.40. The molecule has 9 nitrogen and oxygen atoms in total. The molecule has 0 bridgehead atoms. The number of Topliss-reactive ketones (excluding diaryl/α,β-unsaturated/α-hetero) is 1. The van der Waals surface area contributed by atoms with Crippen LogP contribution < -0.4 is 22.9 Å². The number of hydrogen-bond acceptors (Lipinski definition) is 7. The van der Waals surface area contributed by atoms with E-state index in [4.69, 9.17) is 22.9 Å². The molecule has 0 heterocycles. The smallest absolute Gasteiger partial charge is 0.331 e. The van der Waals surface area contributed by atoms with Crippen molar-refractivity contribution in [2.45, 2.75) is 62.4 Å². The summed E-state index contributed by atoms with van der Waals surface area (Å²) in [5.41, 5.74) is 18.7. The van der Waals surface area contributed by atoms with Gasteiger partial charge < -0.3 is 33.1 Å². The van der Waals surface area contributed by atoms with E-state index in [2.05, 4.69) is 0 Å². The summed E-state index contributed by atoms with van der Waals surface area (Å²) in [5, 5.41) is 18.6. The summed E-state index contributed by atoms with van der Waals surface area (Å²) in [7, 11) is 0. The van der Waals surface area contributed by atoms with Crippen molar-refractivity contribution in [2.75, 3.05) is 13.1 Å². The number of unbranched alkanes of at least 4 members (excludes halogenated alkanes) is 2. The Bertz CT molecular complexity index is 446. The van der Waals surface area contributed by atoms with Gasteiger partial charge in [-0.1, -0.05) is 0 Å². The molecule has 0 amide bonds. The number of ketones is 1. The minimum atomic E-state index is -2.04. The second-order valence-corrected chi connectivity index (χ2v) is 6.15. The van der Waals surface area contributed by atoms with E-state index in [1.165, 1.54) is 0 Å². The molecule has 0 rings (SSSR count). The fraction of sp³-hybridized carbons (Fsp3) is 0.800. The van der Waals surface area contributed by atoms with Gasteiger partial charge in [-0.2, -0.15) is 0 Å². The molecular weight excluding hydrogens is 316 g/mol. The van der Waals surface area contributed by atoms with Gasteiger partial charge in [0.25, 0.3) is 0 Å².